The number of aryl methyl sites for hydroxylation is 1. The van der Waals surface area contributed by atoms with E-state index in [2.05, 4.69) is 4.98 Å². The second-order valence-corrected chi connectivity index (χ2v) is 2.09. The third-order valence-corrected chi connectivity index (χ3v) is 1.47. The van der Waals surface area contributed by atoms with Crippen LogP contribution in [0.4, 0.5) is 0 Å². The average Bonchev–Trinajstić information content (AvgIpc) is 2.20. The highest BCUT2D eigenvalue weighted by Gasteiger charge is 1.92. The largest absolute Gasteiger partial charge is 0.365 e. The minimum absolute atomic E-state index is 0.103. The number of aromatic amines is 1. The van der Waals surface area contributed by atoms with Crippen LogP contribution in [0, 0.1) is 13.8 Å². The zero-order valence-corrected chi connectivity index (χ0v) is 9.56. The molecule has 13 heavy (non-hydrogen) atoms. The van der Waals surface area contributed by atoms with Crippen LogP contribution in [0.2, 0.25) is 0 Å². The normalized spacial score (nSPS) is 7.54. The molecule has 1 aromatic heterocycles. The van der Waals surface area contributed by atoms with Crippen molar-refractivity contribution in [1.82, 2.24) is 4.98 Å². The Morgan fingerprint density at radius 3 is 1.85 bits per heavy atom. The fourth-order valence-electron chi connectivity index (χ4n) is 0.660. The fraction of sp³-hybridized carbons (Fsp3) is 0.545. The van der Waals surface area contributed by atoms with Gasteiger partial charge < -0.3 is 4.98 Å². The lowest BCUT2D eigenvalue weighted by Gasteiger charge is -1.94. The van der Waals surface area contributed by atoms with Crippen LogP contribution in [-0.2, 0) is 0 Å². The van der Waals surface area contributed by atoms with Crippen molar-refractivity contribution >= 4 is 0 Å². The van der Waals surface area contributed by atoms with E-state index in [1.54, 1.807) is 6.20 Å². The molecular formula is C11H21NO. The number of rotatable bonds is 0. The van der Waals surface area contributed by atoms with Crippen LogP contribution in [0.5, 0.6) is 0 Å². The molecule has 2 heteroatoms. The lowest BCUT2D eigenvalue weighted by atomic mass is 10.2. The summed E-state index contributed by atoms with van der Waals surface area (Å²) in [5, 5.41) is 0. The van der Waals surface area contributed by atoms with Crippen molar-refractivity contribution in [1.29, 1.82) is 0 Å². The molecule has 1 rings (SSSR count). The number of H-pyrrole nitrogens is 1. The van der Waals surface area contributed by atoms with Gasteiger partial charge in [0.15, 0.2) is 5.43 Å². The summed E-state index contributed by atoms with van der Waals surface area (Å²) in [5.74, 6) is 0. The van der Waals surface area contributed by atoms with E-state index >= 15 is 0 Å². The third kappa shape index (κ3) is 5.23. The molecule has 0 saturated carbocycles. The highest BCUT2D eigenvalue weighted by atomic mass is 16.1. The summed E-state index contributed by atoms with van der Waals surface area (Å²) in [6, 6.07) is 1.53. The van der Waals surface area contributed by atoms with Gasteiger partial charge in [0.05, 0.1) is 0 Å². The van der Waals surface area contributed by atoms with Gasteiger partial charge in [0, 0.05) is 23.5 Å². The molecule has 0 aromatic carbocycles. The summed E-state index contributed by atoms with van der Waals surface area (Å²) < 4.78 is 0. The van der Waals surface area contributed by atoms with Crippen LogP contribution in [0.1, 0.15) is 39.0 Å². The van der Waals surface area contributed by atoms with Crippen LogP contribution >= 0.6 is 0 Å². The molecule has 0 fully saturated rings. The third-order valence-electron chi connectivity index (χ3n) is 1.47. The van der Waals surface area contributed by atoms with Crippen molar-refractivity contribution in [3.63, 3.8) is 0 Å². The first-order valence-electron chi connectivity index (χ1n) is 4.86. The van der Waals surface area contributed by atoms with E-state index in [0.29, 0.717) is 0 Å². The number of pyridine rings is 1. The molecule has 0 amide bonds. The molecule has 0 radical (unpaired) electrons. The minimum Gasteiger partial charge on any atom is -0.365 e. The molecule has 0 atom stereocenters. The molecule has 0 saturated heterocycles. The van der Waals surface area contributed by atoms with Crippen LogP contribution < -0.4 is 5.43 Å². The number of hydrogen-bond donors (Lipinski definition) is 1. The Balaban J connectivity index is 0. The standard InChI is InChI=1S/C7H9NO.2C2H6/c1-5-6(2)8-4-3-7(5)9;2*1-2/h3-4H,1-2H3,(H,8,9);2*1-2H3. The summed E-state index contributed by atoms with van der Waals surface area (Å²) in [5.41, 5.74) is 1.85. The second kappa shape index (κ2) is 9.04. The van der Waals surface area contributed by atoms with Crippen LogP contribution in [0.25, 0.3) is 0 Å². The first kappa shape index (κ1) is 14.5. The first-order chi connectivity index (χ1) is 6.22. The molecule has 0 aliphatic rings. The zero-order valence-electron chi connectivity index (χ0n) is 9.56. The van der Waals surface area contributed by atoms with E-state index in [0.717, 1.165) is 11.3 Å². The molecule has 1 N–H and O–H groups in total. The molecule has 2 nitrogen and oxygen atoms in total. The van der Waals surface area contributed by atoms with Crippen molar-refractivity contribution in [3.8, 4) is 0 Å². The summed E-state index contributed by atoms with van der Waals surface area (Å²) >= 11 is 0. The highest BCUT2D eigenvalue weighted by molar-refractivity contribution is 5.15. The fourth-order valence-corrected chi connectivity index (χ4v) is 0.660. The maximum atomic E-state index is 10.8. The van der Waals surface area contributed by atoms with E-state index in [1.807, 2.05) is 41.5 Å². The monoisotopic (exact) mass is 183 g/mol. The molecule has 0 unspecified atom stereocenters. The molecule has 0 aliphatic heterocycles. The Morgan fingerprint density at radius 1 is 1.08 bits per heavy atom. The molecule has 0 spiro atoms. The van der Waals surface area contributed by atoms with E-state index in [9.17, 15) is 4.79 Å². The summed E-state index contributed by atoms with van der Waals surface area (Å²) in [6.07, 6.45) is 1.66. The Hall–Kier alpha value is -1.05. The summed E-state index contributed by atoms with van der Waals surface area (Å²) in [4.78, 5) is 13.8. The van der Waals surface area contributed by atoms with Gasteiger partial charge in [-0.25, -0.2) is 0 Å². The summed E-state index contributed by atoms with van der Waals surface area (Å²) in [6.45, 7) is 11.7. The van der Waals surface area contributed by atoms with Crippen molar-refractivity contribution in [2.24, 2.45) is 0 Å². The quantitative estimate of drug-likeness (QED) is 0.659. The predicted octanol–water partition coefficient (Wildman–Crippen LogP) is 3.04. The van der Waals surface area contributed by atoms with E-state index in [1.165, 1.54) is 6.07 Å². The maximum Gasteiger partial charge on any atom is 0.184 e. The second-order valence-electron chi connectivity index (χ2n) is 2.09. The smallest absolute Gasteiger partial charge is 0.184 e. The van der Waals surface area contributed by atoms with Gasteiger partial charge in [-0.1, -0.05) is 27.7 Å². The SMILES string of the molecule is CC.CC.Cc1[nH]ccc(=O)c1C. The van der Waals surface area contributed by atoms with Crippen molar-refractivity contribution < 1.29 is 0 Å². The van der Waals surface area contributed by atoms with E-state index in [4.69, 9.17) is 0 Å². The topological polar surface area (TPSA) is 32.9 Å². The van der Waals surface area contributed by atoms with Crippen LogP contribution in [-0.4, -0.2) is 4.98 Å². The molecule has 1 aromatic rings. The van der Waals surface area contributed by atoms with Crippen molar-refractivity contribution in [3.05, 3.63) is 33.7 Å². The van der Waals surface area contributed by atoms with Crippen molar-refractivity contribution in [2.45, 2.75) is 41.5 Å². The van der Waals surface area contributed by atoms with Gasteiger partial charge in [-0.3, -0.25) is 4.79 Å². The van der Waals surface area contributed by atoms with Gasteiger partial charge in [-0.15, -0.1) is 0 Å². The first-order valence-corrected chi connectivity index (χ1v) is 4.86. The van der Waals surface area contributed by atoms with Crippen LogP contribution in [0.3, 0.4) is 0 Å². The Labute approximate surface area is 81.0 Å². The van der Waals surface area contributed by atoms with Gasteiger partial charge in [0.25, 0.3) is 0 Å². The van der Waals surface area contributed by atoms with Gasteiger partial charge in [-0.2, -0.15) is 0 Å². The number of aromatic nitrogens is 1. The maximum absolute atomic E-state index is 10.8. The lowest BCUT2D eigenvalue weighted by molar-refractivity contribution is 1.13. The number of hydrogen-bond acceptors (Lipinski definition) is 1. The molecule has 76 valence electrons. The van der Waals surface area contributed by atoms with Gasteiger partial charge in [0.1, 0.15) is 0 Å². The highest BCUT2D eigenvalue weighted by Crippen LogP contribution is 1.92. The average molecular weight is 183 g/mol. The Bertz CT molecular complexity index is 263. The Kier molecular flexibility index (Phi) is 10.1. The van der Waals surface area contributed by atoms with Gasteiger partial charge in [-0.05, 0) is 13.8 Å². The lowest BCUT2D eigenvalue weighted by Crippen LogP contribution is -2.05. The summed E-state index contributed by atoms with van der Waals surface area (Å²) in [7, 11) is 0. The van der Waals surface area contributed by atoms with E-state index in [-0.39, 0.29) is 5.43 Å². The van der Waals surface area contributed by atoms with Crippen LogP contribution in [0.15, 0.2) is 17.1 Å². The van der Waals surface area contributed by atoms with E-state index < -0.39 is 0 Å². The number of nitrogens with one attached hydrogen (secondary N) is 1. The molecule has 0 aliphatic carbocycles. The minimum atomic E-state index is 0.103. The van der Waals surface area contributed by atoms with Gasteiger partial charge >= 0.3 is 0 Å². The predicted molar refractivity (Wildman–Crippen MR) is 59.2 cm³/mol. The molecular weight excluding hydrogens is 162 g/mol. The Morgan fingerprint density at radius 2 is 1.54 bits per heavy atom. The zero-order chi connectivity index (χ0) is 10.9. The molecule has 1 heterocycles. The van der Waals surface area contributed by atoms with Crippen molar-refractivity contribution in [2.75, 3.05) is 0 Å². The van der Waals surface area contributed by atoms with Gasteiger partial charge in [0.2, 0.25) is 0 Å². The molecule has 0 bridgehead atoms.